The van der Waals surface area contributed by atoms with E-state index in [1.54, 1.807) is 13.8 Å². The number of carbonyl (C=O) groups excluding carboxylic acids is 1. The number of hydrogen-bond acceptors (Lipinski definition) is 4. The second-order valence-electron chi connectivity index (χ2n) is 4.12. The Hall–Kier alpha value is -2.18. The Morgan fingerprint density at radius 3 is 2.53 bits per heavy atom. The molecule has 7 nitrogen and oxygen atoms in total. The Bertz CT molecular complexity index is 704. The van der Waals surface area contributed by atoms with E-state index in [2.05, 4.69) is 15.0 Å². The average Bonchev–Trinajstić information content (AvgIpc) is 2.68. The summed E-state index contributed by atoms with van der Waals surface area (Å²) in [6.45, 7) is 3.47. The molecule has 2 N–H and O–H groups in total. The van der Waals surface area contributed by atoms with Gasteiger partial charge in [0, 0.05) is 13.0 Å². The minimum Gasteiger partial charge on any atom is -0.330 e. The van der Waals surface area contributed by atoms with Crippen LogP contribution in [0.2, 0.25) is 0 Å². The quantitative estimate of drug-likeness (QED) is 0.704. The number of ketones is 1. The fraction of sp³-hybridized carbons (Fsp3) is 0.400. The fourth-order valence-corrected chi connectivity index (χ4v) is 1.45. The van der Waals surface area contributed by atoms with E-state index in [-0.39, 0.29) is 28.7 Å². The summed E-state index contributed by atoms with van der Waals surface area (Å²) >= 11 is 0. The minimum absolute atomic E-state index is 0.0916. The average molecular weight is 236 g/mol. The highest BCUT2D eigenvalue weighted by Crippen LogP contribution is 2.07. The molecule has 0 aliphatic heterocycles. The molecule has 0 radical (unpaired) electrons. The van der Waals surface area contributed by atoms with Gasteiger partial charge >= 0.3 is 5.69 Å². The Kier molecular flexibility index (Phi) is 2.45. The van der Waals surface area contributed by atoms with Crippen LogP contribution in [0, 0.1) is 5.92 Å². The Balaban J connectivity index is 2.75. The van der Waals surface area contributed by atoms with Crippen molar-refractivity contribution in [3.8, 4) is 0 Å². The molecular formula is C10H12N4O3. The first-order chi connectivity index (χ1) is 7.91. The van der Waals surface area contributed by atoms with Crippen molar-refractivity contribution in [2.24, 2.45) is 13.0 Å². The monoisotopic (exact) mass is 236 g/mol. The van der Waals surface area contributed by atoms with Crippen molar-refractivity contribution in [1.82, 2.24) is 19.5 Å². The molecule has 0 aliphatic rings. The van der Waals surface area contributed by atoms with Crippen molar-refractivity contribution >= 4 is 16.9 Å². The number of aromatic nitrogens is 4. The minimum atomic E-state index is -0.558. The molecule has 90 valence electrons. The van der Waals surface area contributed by atoms with Gasteiger partial charge in [-0.1, -0.05) is 13.8 Å². The molecule has 7 heteroatoms. The van der Waals surface area contributed by atoms with Gasteiger partial charge in [-0.05, 0) is 0 Å². The van der Waals surface area contributed by atoms with Gasteiger partial charge in [-0.25, -0.2) is 9.78 Å². The second kappa shape index (κ2) is 3.69. The van der Waals surface area contributed by atoms with Crippen LogP contribution in [0.5, 0.6) is 0 Å². The standard InChI is InChI=1S/C10H12N4O3/c1-4(2)6(15)8-11-5-7(12-8)13-10(17)14(3)9(5)16/h4H,1-3H3,(H,11,12)(H,13,17). The van der Waals surface area contributed by atoms with Crippen molar-refractivity contribution in [3.05, 3.63) is 26.7 Å². The summed E-state index contributed by atoms with van der Waals surface area (Å²) in [6, 6.07) is 0. The van der Waals surface area contributed by atoms with Crippen LogP contribution in [-0.4, -0.2) is 25.3 Å². The number of aromatic amines is 2. The summed E-state index contributed by atoms with van der Waals surface area (Å²) in [5.41, 5.74) is -0.810. The molecule has 17 heavy (non-hydrogen) atoms. The van der Waals surface area contributed by atoms with Crippen LogP contribution >= 0.6 is 0 Å². The second-order valence-corrected chi connectivity index (χ2v) is 4.12. The van der Waals surface area contributed by atoms with Crippen LogP contribution in [0.4, 0.5) is 0 Å². The molecule has 2 heterocycles. The molecule has 2 aromatic rings. The highest BCUT2D eigenvalue weighted by molar-refractivity contribution is 5.96. The lowest BCUT2D eigenvalue weighted by molar-refractivity contribution is 0.0930. The number of carbonyl (C=O) groups is 1. The van der Waals surface area contributed by atoms with Crippen LogP contribution in [0.3, 0.4) is 0 Å². The number of nitrogens with zero attached hydrogens (tertiary/aromatic N) is 2. The zero-order valence-corrected chi connectivity index (χ0v) is 9.70. The molecule has 0 amide bonds. The van der Waals surface area contributed by atoms with Gasteiger partial charge < -0.3 is 4.98 Å². The summed E-state index contributed by atoms with van der Waals surface area (Å²) in [7, 11) is 1.35. The summed E-state index contributed by atoms with van der Waals surface area (Å²) in [6.07, 6.45) is 0. The molecule has 0 spiro atoms. The van der Waals surface area contributed by atoms with Crippen LogP contribution in [0.25, 0.3) is 11.2 Å². The van der Waals surface area contributed by atoms with E-state index in [0.29, 0.717) is 0 Å². The maximum Gasteiger partial charge on any atom is 0.329 e. The molecule has 2 rings (SSSR count). The van der Waals surface area contributed by atoms with Crippen molar-refractivity contribution in [2.75, 3.05) is 0 Å². The SMILES string of the molecule is CC(C)C(=O)c1nc2[nH]c(=O)n(C)c(=O)c2[nH]1. The van der Waals surface area contributed by atoms with E-state index in [9.17, 15) is 14.4 Å². The molecule has 0 aromatic carbocycles. The first-order valence-corrected chi connectivity index (χ1v) is 5.15. The molecule has 0 saturated heterocycles. The normalized spacial score (nSPS) is 11.3. The van der Waals surface area contributed by atoms with Gasteiger partial charge in [-0.2, -0.15) is 0 Å². The number of hydrogen-bond donors (Lipinski definition) is 2. The number of fused-ring (bicyclic) bond motifs is 1. The lowest BCUT2D eigenvalue weighted by Gasteiger charge is -1.97. The predicted molar refractivity (Wildman–Crippen MR) is 61.1 cm³/mol. The maximum absolute atomic E-state index is 11.7. The van der Waals surface area contributed by atoms with Crippen molar-refractivity contribution in [3.63, 3.8) is 0 Å². The summed E-state index contributed by atoms with van der Waals surface area (Å²) in [4.78, 5) is 43.7. The molecule has 0 fully saturated rings. The van der Waals surface area contributed by atoms with Gasteiger partial charge in [0.1, 0.15) is 5.52 Å². The van der Waals surface area contributed by atoms with E-state index in [4.69, 9.17) is 0 Å². The predicted octanol–water partition coefficient (Wildman–Crippen LogP) is -0.211. The molecular weight excluding hydrogens is 224 g/mol. The summed E-state index contributed by atoms with van der Waals surface area (Å²) in [5, 5.41) is 0. The number of rotatable bonds is 2. The van der Waals surface area contributed by atoms with Gasteiger partial charge in [0.25, 0.3) is 5.56 Å². The van der Waals surface area contributed by atoms with Gasteiger partial charge in [0.2, 0.25) is 5.78 Å². The van der Waals surface area contributed by atoms with E-state index >= 15 is 0 Å². The molecule has 2 aromatic heterocycles. The zero-order chi connectivity index (χ0) is 12.7. The van der Waals surface area contributed by atoms with E-state index < -0.39 is 11.2 Å². The lowest BCUT2D eigenvalue weighted by atomic mass is 10.1. The maximum atomic E-state index is 11.7. The summed E-state index contributed by atoms with van der Waals surface area (Å²) < 4.78 is 0.921. The highest BCUT2D eigenvalue weighted by Gasteiger charge is 2.17. The van der Waals surface area contributed by atoms with E-state index in [0.717, 1.165) is 4.57 Å². The molecule has 0 aliphatic carbocycles. The molecule has 0 unspecified atom stereocenters. The third-order valence-electron chi connectivity index (χ3n) is 2.51. The first kappa shape index (κ1) is 11.3. The van der Waals surface area contributed by atoms with Gasteiger partial charge in [0.15, 0.2) is 11.5 Å². The molecule has 0 bridgehead atoms. The molecule has 0 saturated carbocycles. The third-order valence-corrected chi connectivity index (χ3v) is 2.51. The van der Waals surface area contributed by atoms with Crippen molar-refractivity contribution in [1.29, 1.82) is 0 Å². The van der Waals surface area contributed by atoms with E-state index in [1.165, 1.54) is 7.05 Å². The smallest absolute Gasteiger partial charge is 0.329 e. The van der Waals surface area contributed by atoms with Gasteiger partial charge in [0.05, 0.1) is 0 Å². The number of nitrogens with one attached hydrogen (secondary N) is 2. The van der Waals surface area contributed by atoms with Crippen LogP contribution < -0.4 is 11.2 Å². The van der Waals surface area contributed by atoms with Crippen molar-refractivity contribution in [2.45, 2.75) is 13.8 Å². The highest BCUT2D eigenvalue weighted by atomic mass is 16.2. The first-order valence-electron chi connectivity index (χ1n) is 5.15. The van der Waals surface area contributed by atoms with Crippen LogP contribution in [0.1, 0.15) is 24.5 Å². The van der Waals surface area contributed by atoms with Crippen molar-refractivity contribution < 1.29 is 4.79 Å². The van der Waals surface area contributed by atoms with Gasteiger partial charge in [-0.15, -0.1) is 0 Å². The van der Waals surface area contributed by atoms with Crippen LogP contribution in [0.15, 0.2) is 9.59 Å². The van der Waals surface area contributed by atoms with E-state index in [1.807, 2.05) is 0 Å². The Morgan fingerprint density at radius 2 is 1.94 bits per heavy atom. The number of Topliss-reactive ketones (excluding diaryl/α,β-unsaturated/α-hetero) is 1. The van der Waals surface area contributed by atoms with Crippen LogP contribution in [-0.2, 0) is 7.05 Å². The third kappa shape index (κ3) is 1.69. The molecule has 0 atom stereocenters. The zero-order valence-electron chi connectivity index (χ0n) is 9.70. The summed E-state index contributed by atoms with van der Waals surface area (Å²) in [5.74, 6) is -0.343. The Labute approximate surface area is 95.5 Å². The Morgan fingerprint density at radius 1 is 1.29 bits per heavy atom. The lowest BCUT2D eigenvalue weighted by Crippen LogP contribution is -2.32. The topological polar surface area (TPSA) is 101 Å². The number of H-pyrrole nitrogens is 2. The largest absolute Gasteiger partial charge is 0.330 e. The number of imidazole rings is 1. The fourth-order valence-electron chi connectivity index (χ4n) is 1.45. The van der Waals surface area contributed by atoms with Gasteiger partial charge in [-0.3, -0.25) is 19.1 Å².